The number of likely N-dealkylation sites (tertiary alicyclic amines) is 1. The lowest BCUT2D eigenvalue weighted by molar-refractivity contribution is 0.0390. The van der Waals surface area contributed by atoms with Crippen LogP contribution in [0.2, 0.25) is 0 Å². The van der Waals surface area contributed by atoms with Gasteiger partial charge >= 0.3 is 0 Å². The first-order valence-corrected chi connectivity index (χ1v) is 12.1. The van der Waals surface area contributed by atoms with E-state index in [1.807, 2.05) is 24.3 Å². The van der Waals surface area contributed by atoms with E-state index in [0.29, 0.717) is 34.6 Å². The van der Waals surface area contributed by atoms with E-state index in [4.69, 9.17) is 0 Å². The Bertz CT molecular complexity index is 1110. The lowest BCUT2D eigenvalue weighted by Gasteiger charge is -2.44. The Morgan fingerprint density at radius 3 is 2.53 bits per heavy atom. The van der Waals surface area contributed by atoms with Gasteiger partial charge in [0.05, 0.1) is 0 Å². The first-order chi connectivity index (χ1) is 14.5. The van der Waals surface area contributed by atoms with Crippen molar-refractivity contribution >= 4 is 27.5 Å². The molecular formula is C23H25N3O3S. The highest BCUT2D eigenvalue weighted by Gasteiger charge is 2.36. The number of carbonyl (C=O) groups excluding carboxylic acids is 1. The van der Waals surface area contributed by atoms with Crippen LogP contribution in [0.25, 0.3) is 0 Å². The van der Waals surface area contributed by atoms with Gasteiger partial charge in [0.25, 0.3) is 15.9 Å². The Labute approximate surface area is 177 Å². The number of amides is 1. The summed E-state index contributed by atoms with van der Waals surface area (Å²) in [5, 5.41) is 3.09. The zero-order valence-corrected chi connectivity index (χ0v) is 17.6. The summed E-state index contributed by atoms with van der Waals surface area (Å²) in [4.78, 5) is 15.5. The molecule has 156 valence electrons. The first-order valence-electron chi connectivity index (χ1n) is 10.7. The standard InChI is InChI=1S/C23H25N3O3S/c27-23(26-15-5-7-16-6-1-3-9-20(16)26)17-11-13-18(14-12-17)24-22-19-8-2-4-10-21(19)30(28,29)25-22/h2,4,8,10-14,16,20H,1,3,5-7,9,15H2,(H,24,25). The second-order valence-electron chi connectivity index (χ2n) is 8.37. The van der Waals surface area contributed by atoms with E-state index < -0.39 is 10.0 Å². The normalized spacial score (nSPS) is 24.5. The van der Waals surface area contributed by atoms with E-state index in [2.05, 4.69) is 14.6 Å². The van der Waals surface area contributed by atoms with Crippen LogP contribution in [0.4, 0.5) is 5.69 Å². The molecule has 5 rings (SSSR count). The van der Waals surface area contributed by atoms with Crippen molar-refractivity contribution in [1.29, 1.82) is 0 Å². The molecule has 2 unspecified atom stereocenters. The van der Waals surface area contributed by atoms with Crippen LogP contribution in [0, 0.1) is 5.92 Å². The van der Waals surface area contributed by atoms with Gasteiger partial charge in [-0.05, 0) is 68.0 Å². The van der Waals surface area contributed by atoms with Gasteiger partial charge in [-0.3, -0.25) is 4.79 Å². The predicted octanol–water partition coefficient (Wildman–Crippen LogP) is 4.04. The van der Waals surface area contributed by atoms with Crippen molar-refractivity contribution in [2.24, 2.45) is 10.3 Å². The van der Waals surface area contributed by atoms with Gasteiger partial charge in [-0.15, -0.1) is 4.40 Å². The second kappa shape index (κ2) is 7.54. The number of fused-ring (bicyclic) bond motifs is 2. The molecule has 2 atom stereocenters. The van der Waals surface area contributed by atoms with Gasteiger partial charge < -0.3 is 10.2 Å². The number of benzene rings is 2. The van der Waals surface area contributed by atoms with E-state index >= 15 is 0 Å². The average Bonchev–Trinajstić information content (AvgIpc) is 3.03. The van der Waals surface area contributed by atoms with E-state index in [1.54, 1.807) is 24.3 Å². The molecule has 0 radical (unpaired) electrons. The van der Waals surface area contributed by atoms with Gasteiger partial charge in [0, 0.05) is 29.4 Å². The molecule has 2 aromatic carbocycles. The monoisotopic (exact) mass is 423 g/mol. The van der Waals surface area contributed by atoms with Crippen LogP contribution < -0.4 is 5.32 Å². The molecule has 0 spiro atoms. The molecule has 2 aliphatic heterocycles. The molecule has 2 heterocycles. The zero-order chi connectivity index (χ0) is 20.7. The summed E-state index contributed by atoms with van der Waals surface area (Å²) in [6.45, 7) is 0.839. The van der Waals surface area contributed by atoms with E-state index in [9.17, 15) is 13.2 Å². The van der Waals surface area contributed by atoms with E-state index in [0.717, 1.165) is 19.4 Å². The Morgan fingerprint density at radius 1 is 0.967 bits per heavy atom. The summed E-state index contributed by atoms with van der Waals surface area (Å²) in [5.74, 6) is 1.06. The van der Waals surface area contributed by atoms with Crippen molar-refractivity contribution < 1.29 is 13.2 Å². The summed E-state index contributed by atoms with van der Waals surface area (Å²) >= 11 is 0. The summed E-state index contributed by atoms with van der Waals surface area (Å²) in [6.07, 6.45) is 7.17. The van der Waals surface area contributed by atoms with Crippen molar-refractivity contribution in [3.05, 3.63) is 59.7 Å². The zero-order valence-electron chi connectivity index (χ0n) is 16.8. The number of piperidine rings is 1. The molecule has 2 aromatic rings. The molecule has 1 saturated heterocycles. The molecule has 6 nitrogen and oxygen atoms in total. The van der Waals surface area contributed by atoms with Crippen molar-refractivity contribution in [1.82, 2.24) is 4.90 Å². The summed E-state index contributed by atoms with van der Waals surface area (Å²) in [7, 11) is -3.66. The Kier molecular flexibility index (Phi) is 4.85. The smallest absolute Gasteiger partial charge is 0.285 e. The SMILES string of the molecule is O=C(c1ccc(NC2=NS(=O)(=O)c3ccccc32)cc1)N1CCCC2CCCCC21. The summed E-state index contributed by atoms with van der Waals surface area (Å²) < 4.78 is 28.3. The Hall–Kier alpha value is -2.67. The fourth-order valence-corrected chi connectivity index (χ4v) is 6.25. The molecule has 1 saturated carbocycles. The highest BCUT2D eigenvalue weighted by Crippen LogP contribution is 2.36. The van der Waals surface area contributed by atoms with Crippen LogP contribution in [0.5, 0.6) is 0 Å². The van der Waals surface area contributed by atoms with Crippen LogP contribution >= 0.6 is 0 Å². The third-order valence-electron chi connectivity index (χ3n) is 6.53. The predicted molar refractivity (Wildman–Crippen MR) is 116 cm³/mol. The fraction of sp³-hybridized carbons (Fsp3) is 0.391. The lowest BCUT2D eigenvalue weighted by atomic mass is 9.78. The molecular weight excluding hydrogens is 398 g/mol. The van der Waals surface area contributed by atoms with Crippen molar-refractivity contribution in [2.45, 2.75) is 49.5 Å². The number of hydrogen-bond acceptors (Lipinski definition) is 4. The number of rotatable bonds is 2. The van der Waals surface area contributed by atoms with Gasteiger partial charge in [0.1, 0.15) is 4.90 Å². The van der Waals surface area contributed by atoms with Gasteiger partial charge in [0.15, 0.2) is 5.84 Å². The topological polar surface area (TPSA) is 78.8 Å². The molecule has 0 aromatic heterocycles. The largest absolute Gasteiger partial charge is 0.339 e. The van der Waals surface area contributed by atoms with Crippen LogP contribution in [0.3, 0.4) is 0 Å². The van der Waals surface area contributed by atoms with Gasteiger partial charge in [0.2, 0.25) is 0 Å². The number of nitrogens with one attached hydrogen (secondary N) is 1. The minimum atomic E-state index is -3.66. The average molecular weight is 424 g/mol. The second-order valence-corrected chi connectivity index (χ2v) is 9.94. The number of anilines is 1. The molecule has 30 heavy (non-hydrogen) atoms. The van der Waals surface area contributed by atoms with Gasteiger partial charge in [-0.1, -0.05) is 25.0 Å². The summed E-state index contributed by atoms with van der Waals surface area (Å²) in [6, 6.07) is 14.4. The third-order valence-corrected chi connectivity index (χ3v) is 7.86. The van der Waals surface area contributed by atoms with Gasteiger partial charge in [-0.2, -0.15) is 8.42 Å². The highest BCUT2D eigenvalue weighted by molar-refractivity contribution is 7.90. The van der Waals surface area contributed by atoms with Crippen molar-refractivity contribution in [3.8, 4) is 0 Å². The molecule has 1 aliphatic carbocycles. The molecule has 1 N–H and O–H groups in total. The maximum atomic E-state index is 13.2. The lowest BCUT2D eigenvalue weighted by Crippen LogP contribution is -2.49. The maximum absolute atomic E-state index is 13.2. The van der Waals surface area contributed by atoms with E-state index in [-0.39, 0.29) is 10.8 Å². The van der Waals surface area contributed by atoms with E-state index in [1.165, 1.54) is 25.7 Å². The minimum absolute atomic E-state index is 0.101. The van der Waals surface area contributed by atoms with Crippen molar-refractivity contribution in [2.75, 3.05) is 11.9 Å². The van der Waals surface area contributed by atoms with Crippen LogP contribution in [-0.2, 0) is 10.0 Å². The van der Waals surface area contributed by atoms with Crippen LogP contribution in [0.15, 0.2) is 57.8 Å². The molecule has 3 aliphatic rings. The molecule has 2 fully saturated rings. The molecule has 7 heteroatoms. The van der Waals surface area contributed by atoms with Gasteiger partial charge in [-0.25, -0.2) is 0 Å². The highest BCUT2D eigenvalue weighted by atomic mass is 32.2. The third kappa shape index (κ3) is 3.41. The Balaban J connectivity index is 1.33. The number of sulfonamides is 1. The van der Waals surface area contributed by atoms with Crippen LogP contribution in [0.1, 0.15) is 54.4 Å². The maximum Gasteiger partial charge on any atom is 0.285 e. The first kappa shape index (κ1) is 19.3. The quantitative estimate of drug-likeness (QED) is 0.791. The number of amidine groups is 1. The fourth-order valence-electron chi connectivity index (χ4n) is 5.07. The Morgan fingerprint density at radius 2 is 1.70 bits per heavy atom. The number of nitrogens with zero attached hydrogens (tertiary/aromatic N) is 2. The minimum Gasteiger partial charge on any atom is -0.339 e. The number of hydrogen-bond donors (Lipinski definition) is 1. The summed E-state index contributed by atoms with van der Waals surface area (Å²) in [5.41, 5.74) is 1.94. The van der Waals surface area contributed by atoms with Crippen LogP contribution in [-0.4, -0.2) is 37.6 Å². The molecule has 0 bridgehead atoms. The van der Waals surface area contributed by atoms with Crippen molar-refractivity contribution in [3.63, 3.8) is 0 Å². The molecule has 1 amide bonds. The number of carbonyl (C=O) groups is 1.